The van der Waals surface area contributed by atoms with Crippen LogP contribution >= 0.6 is 11.3 Å². The predicted molar refractivity (Wildman–Crippen MR) is 139 cm³/mol. The average Bonchev–Trinajstić information content (AvgIpc) is 3.63. The Kier molecular flexibility index (Phi) is 6.00. The standard InChI is InChI=1S/C26H29FN6O2S/c1-33-9-2-3-17(33)13-35-20-7-6-16(12-18(20)27)29-26-30-19-8-10-36-23(19)25(32-26)31-22-15-5-4-14(11-15)21(22)24(28)34/h4-8,10,12,14-15,17,21-22H,2-3,9,11,13H2,1H3,(H2,28,34)(H2,29,30,31,32)/t14?,15?,17-,21-,22-/m0/s1. The van der Waals surface area contributed by atoms with E-state index in [9.17, 15) is 9.18 Å². The van der Waals surface area contributed by atoms with Gasteiger partial charge in [-0.15, -0.1) is 11.3 Å². The van der Waals surface area contributed by atoms with Crippen LogP contribution in [0.4, 0.5) is 21.8 Å². The molecular formula is C26H29FN6O2S. The molecule has 0 spiro atoms. The Hall–Kier alpha value is -3.24. The van der Waals surface area contributed by atoms with Gasteiger partial charge < -0.3 is 26.0 Å². The van der Waals surface area contributed by atoms with Gasteiger partial charge in [0.15, 0.2) is 11.6 Å². The number of ether oxygens (including phenoxy) is 1. The Bertz CT molecular complexity index is 1330. The Morgan fingerprint density at radius 2 is 2.14 bits per heavy atom. The summed E-state index contributed by atoms with van der Waals surface area (Å²) in [6.45, 7) is 1.52. The minimum absolute atomic E-state index is 0.113. The fourth-order valence-electron chi connectivity index (χ4n) is 5.78. The lowest BCUT2D eigenvalue weighted by atomic mass is 9.88. The van der Waals surface area contributed by atoms with Gasteiger partial charge >= 0.3 is 0 Å². The second-order valence-electron chi connectivity index (χ2n) is 9.94. The van der Waals surface area contributed by atoms with E-state index >= 15 is 0 Å². The molecule has 0 radical (unpaired) electrons. The molecule has 1 amide bonds. The van der Waals surface area contributed by atoms with Crippen LogP contribution in [0.25, 0.3) is 10.2 Å². The third-order valence-electron chi connectivity index (χ3n) is 7.69. The molecule has 188 valence electrons. The van der Waals surface area contributed by atoms with Gasteiger partial charge in [-0.25, -0.2) is 9.37 Å². The molecule has 2 aliphatic carbocycles. The molecule has 2 fully saturated rings. The van der Waals surface area contributed by atoms with Crippen molar-refractivity contribution in [1.29, 1.82) is 0 Å². The number of hydrogen-bond donors (Lipinski definition) is 3. The van der Waals surface area contributed by atoms with Crippen molar-refractivity contribution in [3.63, 3.8) is 0 Å². The lowest BCUT2D eigenvalue weighted by molar-refractivity contribution is -0.122. The molecule has 1 saturated carbocycles. The van der Waals surface area contributed by atoms with Gasteiger partial charge in [-0.3, -0.25) is 4.79 Å². The number of likely N-dealkylation sites (N-methyl/N-ethyl adjacent to an activating group) is 1. The SMILES string of the molecule is CN1CCC[C@H]1COc1ccc(Nc2nc(N[C@H]3C4C=CC(C4)[C@@H]3C(N)=O)c3sccc3n2)cc1F. The maximum Gasteiger partial charge on any atom is 0.229 e. The van der Waals surface area contributed by atoms with Crippen molar-refractivity contribution in [2.24, 2.45) is 23.5 Å². The molecule has 2 bridgehead atoms. The summed E-state index contributed by atoms with van der Waals surface area (Å²) in [5.41, 5.74) is 7.04. The topological polar surface area (TPSA) is 105 Å². The lowest BCUT2D eigenvalue weighted by Crippen LogP contribution is -2.41. The number of rotatable bonds is 8. The van der Waals surface area contributed by atoms with Gasteiger partial charge in [-0.2, -0.15) is 4.98 Å². The number of primary amides is 1. The molecule has 6 rings (SSSR count). The molecule has 3 aliphatic rings. The van der Waals surface area contributed by atoms with Crippen LogP contribution in [-0.4, -0.2) is 53.1 Å². The van der Waals surface area contributed by atoms with Crippen LogP contribution in [0.1, 0.15) is 19.3 Å². The normalized spacial score (nSPS) is 27.1. The number of thiophene rings is 1. The highest BCUT2D eigenvalue weighted by molar-refractivity contribution is 7.17. The molecule has 36 heavy (non-hydrogen) atoms. The van der Waals surface area contributed by atoms with Crippen molar-refractivity contribution in [3.8, 4) is 5.75 Å². The van der Waals surface area contributed by atoms with E-state index in [4.69, 9.17) is 15.5 Å². The Balaban J connectivity index is 1.20. The Morgan fingerprint density at radius 3 is 2.92 bits per heavy atom. The minimum Gasteiger partial charge on any atom is -0.489 e. The highest BCUT2D eigenvalue weighted by Gasteiger charge is 2.47. The van der Waals surface area contributed by atoms with Crippen molar-refractivity contribution in [2.45, 2.75) is 31.3 Å². The zero-order valence-corrected chi connectivity index (χ0v) is 20.8. The first-order valence-corrected chi connectivity index (χ1v) is 13.2. The first kappa shape index (κ1) is 23.2. The predicted octanol–water partition coefficient (Wildman–Crippen LogP) is 4.13. The maximum absolute atomic E-state index is 14.8. The van der Waals surface area contributed by atoms with Gasteiger partial charge in [0.25, 0.3) is 0 Å². The van der Waals surface area contributed by atoms with Crippen LogP contribution in [0.5, 0.6) is 5.75 Å². The van der Waals surface area contributed by atoms with E-state index in [1.807, 2.05) is 11.4 Å². The first-order valence-electron chi connectivity index (χ1n) is 12.4. The summed E-state index contributed by atoms with van der Waals surface area (Å²) >= 11 is 1.53. The van der Waals surface area contributed by atoms with E-state index in [1.54, 1.807) is 12.1 Å². The third-order valence-corrected chi connectivity index (χ3v) is 8.60. The molecule has 3 heterocycles. The first-order chi connectivity index (χ1) is 17.5. The maximum atomic E-state index is 14.8. The van der Waals surface area contributed by atoms with Gasteiger partial charge in [-0.1, -0.05) is 12.2 Å². The summed E-state index contributed by atoms with van der Waals surface area (Å²) in [6, 6.07) is 6.91. The largest absolute Gasteiger partial charge is 0.489 e. The number of benzene rings is 1. The fourth-order valence-corrected chi connectivity index (χ4v) is 6.57. The zero-order valence-electron chi connectivity index (χ0n) is 20.0. The fraction of sp³-hybridized carbons (Fsp3) is 0.423. The van der Waals surface area contributed by atoms with Gasteiger partial charge in [0.2, 0.25) is 11.9 Å². The van der Waals surface area contributed by atoms with Gasteiger partial charge in [-0.05, 0) is 68.3 Å². The number of nitrogens with zero attached hydrogens (tertiary/aromatic N) is 3. The summed E-state index contributed by atoms with van der Waals surface area (Å²) in [7, 11) is 2.07. The number of amides is 1. The second kappa shape index (κ2) is 9.33. The molecule has 3 aromatic rings. The van der Waals surface area contributed by atoms with E-state index < -0.39 is 5.82 Å². The van der Waals surface area contributed by atoms with Crippen LogP contribution in [0.15, 0.2) is 41.8 Å². The lowest BCUT2D eigenvalue weighted by Gasteiger charge is -2.27. The molecule has 5 atom stereocenters. The van der Waals surface area contributed by atoms with Crippen molar-refractivity contribution in [1.82, 2.24) is 14.9 Å². The highest BCUT2D eigenvalue weighted by atomic mass is 32.1. The minimum atomic E-state index is -0.436. The Morgan fingerprint density at radius 1 is 1.28 bits per heavy atom. The van der Waals surface area contributed by atoms with Crippen molar-refractivity contribution in [2.75, 3.05) is 30.8 Å². The van der Waals surface area contributed by atoms with Crippen LogP contribution < -0.4 is 21.1 Å². The van der Waals surface area contributed by atoms with Crippen LogP contribution in [0, 0.1) is 23.6 Å². The van der Waals surface area contributed by atoms with E-state index in [2.05, 4.69) is 39.7 Å². The number of anilines is 3. The van der Waals surface area contributed by atoms with Gasteiger partial charge in [0, 0.05) is 23.8 Å². The van der Waals surface area contributed by atoms with Crippen molar-refractivity contribution in [3.05, 3.63) is 47.6 Å². The van der Waals surface area contributed by atoms with Crippen LogP contribution in [0.2, 0.25) is 0 Å². The number of carbonyl (C=O) groups excluding carboxylic acids is 1. The number of hydrogen-bond acceptors (Lipinski definition) is 8. The highest BCUT2D eigenvalue weighted by Crippen LogP contribution is 2.45. The van der Waals surface area contributed by atoms with E-state index in [-0.39, 0.29) is 35.5 Å². The smallest absolute Gasteiger partial charge is 0.229 e. The zero-order chi connectivity index (χ0) is 24.8. The summed E-state index contributed by atoms with van der Waals surface area (Å²) in [6.07, 6.45) is 7.38. The van der Waals surface area contributed by atoms with Crippen molar-refractivity contribution >= 4 is 44.9 Å². The van der Waals surface area contributed by atoms with Gasteiger partial charge in [0.05, 0.1) is 16.1 Å². The van der Waals surface area contributed by atoms with Crippen molar-refractivity contribution < 1.29 is 13.9 Å². The number of aromatic nitrogens is 2. The number of halogens is 1. The summed E-state index contributed by atoms with van der Waals surface area (Å²) in [5, 5.41) is 8.57. The number of carbonyl (C=O) groups is 1. The summed E-state index contributed by atoms with van der Waals surface area (Å²) in [4.78, 5) is 23.7. The summed E-state index contributed by atoms with van der Waals surface area (Å²) in [5.74, 6) is 0.631. The number of likely N-dealkylation sites (tertiary alicyclic amines) is 1. The van der Waals surface area contributed by atoms with Gasteiger partial charge in [0.1, 0.15) is 12.4 Å². The number of nitrogens with two attached hydrogens (primary N) is 1. The number of nitrogens with one attached hydrogen (secondary N) is 2. The van der Waals surface area contributed by atoms with Crippen LogP contribution in [0.3, 0.4) is 0 Å². The second-order valence-corrected chi connectivity index (χ2v) is 10.9. The molecule has 2 aromatic heterocycles. The monoisotopic (exact) mass is 508 g/mol. The van der Waals surface area contributed by atoms with E-state index in [1.165, 1.54) is 17.4 Å². The molecule has 4 N–H and O–H groups in total. The van der Waals surface area contributed by atoms with Crippen LogP contribution in [-0.2, 0) is 4.79 Å². The average molecular weight is 509 g/mol. The van der Waals surface area contributed by atoms with E-state index in [0.29, 0.717) is 30.1 Å². The molecule has 1 saturated heterocycles. The molecular weight excluding hydrogens is 479 g/mol. The molecule has 8 nitrogen and oxygen atoms in total. The van der Waals surface area contributed by atoms with E-state index in [0.717, 1.165) is 36.0 Å². The number of allylic oxidation sites excluding steroid dienone is 1. The quantitative estimate of drug-likeness (QED) is 0.393. The Labute approximate surface area is 212 Å². The molecule has 1 aliphatic heterocycles. The molecule has 1 aromatic carbocycles. The third kappa shape index (κ3) is 4.28. The molecule has 10 heteroatoms. The summed E-state index contributed by atoms with van der Waals surface area (Å²) < 4.78 is 21.5. The molecule has 2 unspecified atom stereocenters. The number of fused-ring (bicyclic) bond motifs is 3.